The van der Waals surface area contributed by atoms with Gasteiger partial charge in [-0.1, -0.05) is 23.7 Å². The van der Waals surface area contributed by atoms with E-state index in [-0.39, 0.29) is 5.57 Å². The predicted octanol–water partition coefficient (Wildman–Crippen LogP) is 3.59. The number of furan rings is 1. The van der Waals surface area contributed by atoms with Crippen LogP contribution in [0.25, 0.3) is 17.4 Å². The summed E-state index contributed by atoms with van der Waals surface area (Å²) in [7, 11) is 0. The van der Waals surface area contributed by atoms with Crippen molar-refractivity contribution in [3.8, 4) is 17.4 Å². The Morgan fingerprint density at radius 3 is 2.79 bits per heavy atom. The normalized spacial score (nSPS) is 11.1. The molecule has 0 aliphatic rings. The lowest BCUT2D eigenvalue weighted by Gasteiger charge is -1.97. The number of hydrogen-bond donors (Lipinski definition) is 1. The summed E-state index contributed by atoms with van der Waals surface area (Å²) in [5.74, 6) is -0.437. The minimum absolute atomic E-state index is 0.300. The quantitative estimate of drug-likeness (QED) is 0.685. The minimum Gasteiger partial charge on any atom is -0.477 e. The van der Waals surface area contributed by atoms with Crippen LogP contribution in [0.3, 0.4) is 0 Å². The van der Waals surface area contributed by atoms with Gasteiger partial charge in [0.25, 0.3) is 0 Å². The van der Waals surface area contributed by atoms with Crippen molar-refractivity contribution in [1.29, 1.82) is 5.26 Å². The Bertz CT molecular complexity index is 695. The van der Waals surface area contributed by atoms with Gasteiger partial charge in [0.2, 0.25) is 0 Å². The van der Waals surface area contributed by atoms with Crippen molar-refractivity contribution in [3.05, 3.63) is 52.8 Å². The molecule has 19 heavy (non-hydrogen) atoms. The van der Waals surface area contributed by atoms with Gasteiger partial charge in [-0.3, -0.25) is 0 Å². The lowest BCUT2D eigenvalue weighted by atomic mass is 10.2. The van der Waals surface area contributed by atoms with Crippen molar-refractivity contribution in [3.63, 3.8) is 0 Å². The predicted molar refractivity (Wildman–Crippen MR) is 70.4 cm³/mol. The molecule has 0 saturated heterocycles. The van der Waals surface area contributed by atoms with Crippen molar-refractivity contribution in [1.82, 2.24) is 0 Å². The van der Waals surface area contributed by atoms with Crippen LogP contribution in [0.2, 0.25) is 5.02 Å². The Labute approximate surface area is 114 Å². The van der Waals surface area contributed by atoms with Crippen molar-refractivity contribution in [2.75, 3.05) is 0 Å². The van der Waals surface area contributed by atoms with Crippen LogP contribution < -0.4 is 0 Å². The number of hydrogen-bond acceptors (Lipinski definition) is 3. The second-order valence-electron chi connectivity index (χ2n) is 3.69. The number of carbonyl (C=O) groups is 1. The second-order valence-corrected chi connectivity index (χ2v) is 4.12. The van der Waals surface area contributed by atoms with E-state index in [2.05, 4.69) is 0 Å². The first-order chi connectivity index (χ1) is 9.10. The number of halogens is 1. The lowest BCUT2D eigenvalue weighted by molar-refractivity contribution is -0.132. The first kappa shape index (κ1) is 12.9. The van der Waals surface area contributed by atoms with Crippen molar-refractivity contribution in [2.24, 2.45) is 0 Å². The molecule has 0 radical (unpaired) electrons. The summed E-state index contributed by atoms with van der Waals surface area (Å²) in [6.07, 6.45) is 1.18. The Kier molecular flexibility index (Phi) is 3.69. The Morgan fingerprint density at radius 1 is 1.37 bits per heavy atom. The molecule has 1 aromatic carbocycles. The van der Waals surface area contributed by atoms with Crippen LogP contribution >= 0.6 is 11.6 Å². The van der Waals surface area contributed by atoms with Crippen LogP contribution in [0.5, 0.6) is 0 Å². The van der Waals surface area contributed by atoms with Crippen LogP contribution in [0.4, 0.5) is 0 Å². The van der Waals surface area contributed by atoms with Crippen LogP contribution in [0.15, 0.2) is 46.4 Å². The van der Waals surface area contributed by atoms with Gasteiger partial charge in [0.05, 0.1) is 0 Å². The molecule has 5 heteroatoms. The third kappa shape index (κ3) is 3.03. The van der Waals surface area contributed by atoms with E-state index in [9.17, 15) is 4.79 Å². The van der Waals surface area contributed by atoms with E-state index in [0.29, 0.717) is 16.5 Å². The number of nitrogens with zero attached hydrogens (tertiary/aromatic N) is 1. The Hall–Kier alpha value is -2.51. The molecule has 0 amide bonds. The fraction of sp³-hybridized carbons (Fsp3) is 0. The van der Waals surface area contributed by atoms with Crippen molar-refractivity contribution in [2.45, 2.75) is 0 Å². The zero-order valence-corrected chi connectivity index (χ0v) is 10.4. The van der Waals surface area contributed by atoms with Crippen LogP contribution in [-0.4, -0.2) is 11.1 Å². The standard InChI is InChI=1S/C14H8ClNO3/c15-11-3-1-2-9(6-11)13-5-4-12(19-13)7-10(8-16)14(17)18/h1-7H,(H,17,18). The van der Waals surface area contributed by atoms with Crippen LogP contribution in [-0.2, 0) is 4.79 Å². The van der Waals surface area contributed by atoms with E-state index in [1.165, 1.54) is 6.08 Å². The fourth-order valence-corrected chi connectivity index (χ4v) is 1.70. The van der Waals surface area contributed by atoms with Crippen LogP contribution in [0.1, 0.15) is 5.76 Å². The van der Waals surface area contributed by atoms with Gasteiger partial charge in [-0.15, -0.1) is 0 Å². The maximum Gasteiger partial charge on any atom is 0.346 e. The topological polar surface area (TPSA) is 74.2 Å². The molecule has 0 spiro atoms. The van der Waals surface area contributed by atoms with E-state index in [1.54, 1.807) is 36.4 Å². The van der Waals surface area contributed by atoms with Gasteiger partial charge >= 0.3 is 5.97 Å². The summed E-state index contributed by atoms with van der Waals surface area (Å²) >= 11 is 5.88. The van der Waals surface area contributed by atoms with E-state index >= 15 is 0 Å². The summed E-state index contributed by atoms with van der Waals surface area (Å²) in [6, 6.07) is 12.0. The molecule has 4 nitrogen and oxygen atoms in total. The molecular formula is C14H8ClNO3. The molecule has 0 atom stereocenters. The number of rotatable bonds is 3. The van der Waals surface area contributed by atoms with Gasteiger partial charge < -0.3 is 9.52 Å². The van der Waals surface area contributed by atoms with E-state index in [0.717, 1.165) is 5.56 Å². The molecule has 1 N–H and O–H groups in total. The first-order valence-corrected chi connectivity index (χ1v) is 5.69. The monoisotopic (exact) mass is 273 g/mol. The molecule has 0 fully saturated rings. The summed E-state index contributed by atoms with van der Waals surface area (Å²) in [4.78, 5) is 10.7. The summed E-state index contributed by atoms with van der Waals surface area (Å²) < 4.78 is 5.46. The van der Waals surface area contributed by atoms with Gasteiger partial charge in [0.1, 0.15) is 23.2 Å². The maximum absolute atomic E-state index is 10.7. The number of carboxylic acid groups (broad SMARTS) is 1. The van der Waals surface area contributed by atoms with Gasteiger partial charge in [-0.05, 0) is 24.3 Å². The molecule has 94 valence electrons. The van der Waals surface area contributed by atoms with Gasteiger partial charge in [-0.2, -0.15) is 5.26 Å². The lowest BCUT2D eigenvalue weighted by Crippen LogP contribution is -1.96. The second kappa shape index (κ2) is 5.42. The number of aliphatic carboxylic acids is 1. The minimum atomic E-state index is -1.29. The highest BCUT2D eigenvalue weighted by atomic mass is 35.5. The van der Waals surface area contributed by atoms with Gasteiger partial charge in [0, 0.05) is 16.7 Å². The third-order valence-electron chi connectivity index (χ3n) is 2.37. The highest BCUT2D eigenvalue weighted by Gasteiger charge is 2.09. The van der Waals surface area contributed by atoms with E-state index < -0.39 is 5.97 Å². The maximum atomic E-state index is 10.7. The molecule has 0 saturated carbocycles. The Balaban J connectivity index is 2.35. The van der Waals surface area contributed by atoms with Gasteiger partial charge in [0.15, 0.2) is 0 Å². The molecule has 0 bridgehead atoms. The Morgan fingerprint density at radius 2 is 2.16 bits per heavy atom. The number of carboxylic acids is 1. The zero-order chi connectivity index (χ0) is 13.8. The van der Waals surface area contributed by atoms with Gasteiger partial charge in [-0.25, -0.2) is 4.79 Å². The average molecular weight is 274 g/mol. The highest BCUT2D eigenvalue weighted by molar-refractivity contribution is 6.30. The third-order valence-corrected chi connectivity index (χ3v) is 2.61. The van der Waals surface area contributed by atoms with Crippen molar-refractivity contribution < 1.29 is 14.3 Å². The molecule has 2 rings (SSSR count). The fourth-order valence-electron chi connectivity index (χ4n) is 1.51. The SMILES string of the molecule is N#CC(=Cc1ccc(-c2cccc(Cl)c2)o1)C(=O)O. The van der Waals surface area contributed by atoms with Crippen LogP contribution in [0, 0.1) is 11.3 Å². The summed E-state index contributed by atoms with van der Waals surface area (Å²) in [5.41, 5.74) is 0.396. The van der Waals surface area contributed by atoms with Crippen molar-refractivity contribution >= 4 is 23.6 Å². The zero-order valence-electron chi connectivity index (χ0n) is 9.63. The molecular weight excluding hydrogens is 266 g/mol. The highest BCUT2D eigenvalue weighted by Crippen LogP contribution is 2.25. The van der Waals surface area contributed by atoms with E-state index in [4.69, 9.17) is 26.4 Å². The molecule has 1 heterocycles. The first-order valence-electron chi connectivity index (χ1n) is 5.31. The largest absolute Gasteiger partial charge is 0.477 e. The average Bonchev–Trinajstić information content (AvgIpc) is 2.84. The molecule has 1 aromatic heterocycles. The summed E-state index contributed by atoms with van der Waals surface area (Å²) in [6.45, 7) is 0. The number of benzene rings is 1. The molecule has 0 unspecified atom stereocenters. The molecule has 2 aromatic rings. The number of nitriles is 1. The summed E-state index contributed by atoms with van der Waals surface area (Å²) in [5, 5.41) is 18.0. The molecule has 0 aliphatic heterocycles. The molecule has 0 aliphatic carbocycles. The van der Waals surface area contributed by atoms with E-state index in [1.807, 2.05) is 6.07 Å². The smallest absolute Gasteiger partial charge is 0.346 e.